The lowest BCUT2D eigenvalue weighted by molar-refractivity contribution is -0.117. The summed E-state index contributed by atoms with van der Waals surface area (Å²) in [5.41, 5.74) is 1.22. The van der Waals surface area contributed by atoms with Crippen molar-refractivity contribution in [3.63, 3.8) is 0 Å². The largest absolute Gasteiger partial charge is 0.302 e. The number of rotatable bonds is 2. The van der Waals surface area contributed by atoms with Crippen LogP contribution in [0.15, 0.2) is 0 Å². The molecule has 1 heterocycles. The highest BCUT2D eigenvalue weighted by Gasteiger charge is 2.39. The van der Waals surface area contributed by atoms with Gasteiger partial charge < -0.3 is 5.32 Å². The first-order valence-corrected chi connectivity index (χ1v) is 6.85. The van der Waals surface area contributed by atoms with E-state index in [1.807, 2.05) is 0 Å². The number of thiazole rings is 1. The van der Waals surface area contributed by atoms with Gasteiger partial charge in [0, 0.05) is 10.8 Å². The van der Waals surface area contributed by atoms with E-state index in [0.29, 0.717) is 5.92 Å². The molecule has 0 aromatic carbocycles. The number of carbonyl (C=O) groups excluding carboxylic acids is 1. The van der Waals surface area contributed by atoms with Crippen LogP contribution in [0.5, 0.6) is 0 Å². The first kappa shape index (κ1) is 10.3. The molecule has 1 aromatic rings. The van der Waals surface area contributed by atoms with Gasteiger partial charge in [0.1, 0.15) is 0 Å². The first-order chi connectivity index (χ1) is 7.74. The lowest BCUT2D eigenvalue weighted by Gasteiger charge is -2.06. The zero-order valence-corrected chi connectivity index (χ0v) is 10.3. The van der Waals surface area contributed by atoms with Crippen molar-refractivity contribution in [2.75, 3.05) is 5.32 Å². The van der Waals surface area contributed by atoms with Gasteiger partial charge in [-0.2, -0.15) is 0 Å². The standard InChI is InChI=1S/C12H16N2OS/c1-7-6-8(7)11(15)14-12-13-9-4-2-3-5-10(9)16-12/h7-8H,2-6H2,1H3,(H,13,14,15)/t7-,8-/m0/s1. The van der Waals surface area contributed by atoms with Crippen molar-refractivity contribution < 1.29 is 4.79 Å². The van der Waals surface area contributed by atoms with Gasteiger partial charge in [-0.15, -0.1) is 11.3 Å². The van der Waals surface area contributed by atoms with E-state index in [0.717, 1.165) is 24.4 Å². The molecule has 86 valence electrons. The van der Waals surface area contributed by atoms with E-state index in [-0.39, 0.29) is 11.8 Å². The Labute approximate surface area is 99.3 Å². The minimum Gasteiger partial charge on any atom is -0.302 e. The van der Waals surface area contributed by atoms with Crippen molar-refractivity contribution in [2.45, 2.75) is 39.0 Å². The lowest BCUT2D eigenvalue weighted by atomic mass is 10.0. The monoisotopic (exact) mass is 236 g/mol. The van der Waals surface area contributed by atoms with Crippen molar-refractivity contribution in [3.05, 3.63) is 10.6 Å². The molecule has 4 heteroatoms. The van der Waals surface area contributed by atoms with Crippen molar-refractivity contribution >= 4 is 22.4 Å². The van der Waals surface area contributed by atoms with Crippen LogP contribution in [0.3, 0.4) is 0 Å². The summed E-state index contributed by atoms with van der Waals surface area (Å²) in [6, 6.07) is 0. The predicted molar refractivity (Wildman–Crippen MR) is 64.7 cm³/mol. The van der Waals surface area contributed by atoms with Crippen LogP contribution in [0.25, 0.3) is 0 Å². The highest BCUT2D eigenvalue weighted by molar-refractivity contribution is 7.15. The number of hydrogen-bond donors (Lipinski definition) is 1. The Morgan fingerprint density at radius 3 is 2.88 bits per heavy atom. The molecular formula is C12H16N2OS. The van der Waals surface area contributed by atoms with Gasteiger partial charge in [0.15, 0.2) is 5.13 Å². The molecule has 1 amide bonds. The SMILES string of the molecule is C[C@H]1C[C@@H]1C(=O)Nc1nc2c(s1)CCCC2. The average molecular weight is 236 g/mol. The second kappa shape index (κ2) is 3.84. The van der Waals surface area contributed by atoms with Gasteiger partial charge in [0.25, 0.3) is 0 Å². The highest BCUT2D eigenvalue weighted by atomic mass is 32.1. The summed E-state index contributed by atoms with van der Waals surface area (Å²) in [5.74, 6) is 0.967. The fourth-order valence-electron chi connectivity index (χ4n) is 2.29. The van der Waals surface area contributed by atoms with E-state index >= 15 is 0 Å². The van der Waals surface area contributed by atoms with Crippen LogP contribution >= 0.6 is 11.3 Å². The molecule has 1 aromatic heterocycles. The second-order valence-electron chi connectivity index (χ2n) is 4.90. The van der Waals surface area contributed by atoms with Crippen LogP contribution in [-0.2, 0) is 17.6 Å². The molecular weight excluding hydrogens is 220 g/mol. The molecule has 1 saturated carbocycles. The third kappa shape index (κ3) is 1.86. The van der Waals surface area contributed by atoms with Gasteiger partial charge in [0.2, 0.25) is 5.91 Å². The molecule has 2 atom stereocenters. The number of anilines is 1. The topological polar surface area (TPSA) is 42.0 Å². The summed E-state index contributed by atoms with van der Waals surface area (Å²) >= 11 is 1.67. The van der Waals surface area contributed by atoms with Crippen LogP contribution in [0.4, 0.5) is 5.13 Å². The molecule has 2 aliphatic carbocycles. The Kier molecular flexibility index (Phi) is 2.46. The fraction of sp³-hybridized carbons (Fsp3) is 0.667. The Bertz CT molecular complexity index is 403. The Morgan fingerprint density at radius 2 is 2.19 bits per heavy atom. The summed E-state index contributed by atoms with van der Waals surface area (Å²) in [6.07, 6.45) is 5.77. The quantitative estimate of drug-likeness (QED) is 0.857. The number of nitrogens with zero attached hydrogens (tertiary/aromatic N) is 1. The number of nitrogens with one attached hydrogen (secondary N) is 1. The van der Waals surface area contributed by atoms with Crippen molar-refractivity contribution in [3.8, 4) is 0 Å². The Balaban J connectivity index is 1.70. The smallest absolute Gasteiger partial charge is 0.229 e. The van der Waals surface area contributed by atoms with Gasteiger partial charge in [-0.05, 0) is 38.0 Å². The first-order valence-electron chi connectivity index (χ1n) is 6.03. The average Bonchev–Trinajstić information content (AvgIpc) is 2.87. The van der Waals surface area contributed by atoms with Gasteiger partial charge in [-0.25, -0.2) is 4.98 Å². The van der Waals surface area contributed by atoms with E-state index in [2.05, 4.69) is 17.2 Å². The molecule has 0 bridgehead atoms. The van der Waals surface area contributed by atoms with Gasteiger partial charge in [-0.3, -0.25) is 4.79 Å². The molecule has 0 spiro atoms. The Hall–Kier alpha value is -0.900. The molecule has 0 aliphatic heterocycles. The number of fused-ring (bicyclic) bond motifs is 1. The molecule has 0 saturated heterocycles. The summed E-state index contributed by atoms with van der Waals surface area (Å²) in [5, 5.41) is 3.78. The van der Waals surface area contributed by atoms with Crippen LogP contribution in [-0.4, -0.2) is 10.9 Å². The van der Waals surface area contributed by atoms with Crippen molar-refractivity contribution in [1.82, 2.24) is 4.98 Å². The lowest BCUT2D eigenvalue weighted by Crippen LogP contribution is -2.14. The molecule has 3 nitrogen and oxygen atoms in total. The third-order valence-corrected chi connectivity index (χ3v) is 4.59. The van der Waals surface area contributed by atoms with E-state index < -0.39 is 0 Å². The van der Waals surface area contributed by atoms with Crippen molar-refractivity contribution in [1.29, 1.82) is 0 Å². The number of amides is 1. The minimum absolute atomic E-state index is 0.165. The molecule has 1 fully saturated rings. The van der Waals surface area contributed by atoms with Crippen molar-refractivity contribution in [2.24, 2.45) is 11.8 Å². The maximum absolute atomic E-state index is 11.8. The maximum atomic E-state index is 11.8. The predicted octanol–water partition coefficient (Wildman–Crippen LogP) is 2.62. The maximum Gasteiger partial charge on any atom is 0.229 e. The summed E-state index contributed by atoms with van der Waals surface area (Å²) in [7, 11) is 0. The van der Waals surface area contributed by atoms with E-state index in [1.54, 1.807) is 11.3 Å². The zero-order chi connectivity index (χ0) is 11.1. The van der Waals surface area contributed by atoms with Crippen LogP contribution in [0.1, 0.15) is 36.8 Å². The number of carbonyl (C=O) groups is 1. The van der Waals surface area contributed by atoms with E-state index in [4.69, 9.17) is 0 Å². The fourth-order valence-corrected chi connectivity index (χ4v) is 3.34. The molecule has 1 N–H and O–H groups in total. The summed E-state index contributed by atoms with van der Waals surface area (Å²) < 4.78 is 0. The summed E-state index contributed by atoms with van der Waals surface area (Å²) in [4.78, 5) is 17.6. The number of aryl methyl sites for hydroxylation is 2. The normalized spacial score (nSPS) is 27.3. The molecule has 0 radical (unpaired) electrons. The van der Waals surface area contributed by atoms with Crippen LogP contribution < -0.4 is 5.32 Å². The number of hydrogen-bond acceptors (Lipinski definition) is 3. The van der Waals surface area contributed by atoms with Crippen LogP contribution in [0, 0.1) is 11.8 Å². The third-order valence-electron chi connectivity index (χ3n) is 3.52. The van der Waals surface area contributed by atoms with Crippen LogP contribution in [0.2, 0.25) is 0 Å². The molecule has 3 rings (SSSR count). The molecule has 0 unspecified atom stereocenters. The van der Waals surface area contributed by atoms with E-state index in [9.17, 15) is 4.79 Å². The van der Waals surface area contributed by atoms with E-state index in [1.165, 1.54) is 23.4 Å². The number of aromatic nitrogens is 1. The van der Waals surface area contributed by atoms with Gasteiger partial charge in [-0.1, -0.05) is 6.92 Å². The molecule has 16 heavy (non-hydrogen) atoms. The zero-order valence-electron chi connectivity index (χ0n) is 9.45. The summed E-state index contributed by atoms with van der Waals surface area (Å²) in [6.45, 7) is 2.12. The van der Waals surface area contributed by atoms with Gasteiger partial charge in [0.05, 0.1) is 5.69 Å². The highest BCUT2D eigenvalue weighted by Crippen LogP contribution is 2.39. The minimum atomic E-state index is 0.165. The molecule has 2 aliphatic rings. The second-order valence-corrected chi connectivity index (χ2v) is 5.99. The van der Waals surface area contributed by atoms with Gasteiger partial charge >= 0.3 is 0 Å². The Morgan fingerprint density at radius 1 is 1.44 bits per heavy atom.